The van der Waals surface area contributed by atoms with Crippen LogP contribution in [0.3, 0.4) is 0 Å². The van der Waals surface area contributed by atoms with Crippen molar-refractivity contribution in [3.05, 3.63) is 54.1 Å². The molecule has 1 fully saturated rings. The van der Waals surface area contributed by atoms with E-state index in [4.69, 9.17) is 21.7 Å². The van der Waals surface area contributed by atoms with Crippen LogP contribution in [-0.2, 0) is 16.1 Å². The molecule has 1 N–H and O–H groups in total. The SMILES string of the molecule is CCOc1ccc(NC(=O)C[C@H]2C(=O)N(CC)C(=S)N2Cc2ccc(OC)cc2)cc1. The minimum Gasteiger partial charge on any atom is -0.497 e. The van der Waals surface area contributed by atoms with Crippen LogP contribution >= 0.6 is 12.2 Å². The van der Waals surface area contributed by atoms with Crippen LogP contribution in [0.1, 0.15) is 25.8 Å². The minimum absolute atomic E-state index is 0.0127. The molecule has 8 heteroatoms. The molecule has 1 aliphatic rings. The van der Waals surface area contributed by atoms with Crippen LogP contribution in [0.15, 0.2) is 48.5 Å². The van der Waals surface area contributed by atoms with Gasteiger partial charge < -0.3 is 19.7 Å². The molecule has 0 aliphatic carbocycles. The number of hydrogen-bond donors (Lipinski definition) is 1. The van der Waals surface area contributed by atoms with Gasteiger partial charge in [0.15, 0.2) is 5.11 Å². The van der Waals surface area contributed by atoms with Crippen LogP contribution < -0.4 is 14.8 Å². The number of anilines is 1. The minimum atomic E-state index is -0.641. The van der Waals surface area contributed by atoms with Crippen molar-refractivity contribution in [1.29, 1.82) is 0 Å². The predicted octanol–water partition coefficient (Wildman–Crippen LogP) is 3.44. The third-order valence-electron chi connectivity index (χ3n) is 5.06. The first-order valence-electron chi connectivity index (χ1n) is 10.2. The zero-order valence-corrected chi connectivity index (χ0v) is 18.8. The number of thiocarbonyl (C=S) groups is 1. The highest BCUT2D eigenvalue weighted by atomic mass is 32.1. The van der Waals surface area contributed by atoms with Crippen LogP contribution in [0.4, 0.5) is 5.69 Å². The van der Waals surface area contributed by atoms with Crippen molar-refractivity contribution < 1.29 is 19.1 Å². The van der Waals surface area contributed by atoms with Crippen LogP contribution in [0.5, 0.6) is 11.5 Å². The van der Waals surface area contributed by atoms with Crippen molar-refractivity contribution in [2.75, 3.05) is 25.6 Å². The van der Waals surface area contributed by atoms with Crippen molar-refractivity contribution in [3.63, 3.8) is 0 Å². The summed E-state index contributed by atoms with van der Waals surface area (Å²) in [5.74, 6) is 1.09. The topological polar surface area (TPSA) is 71.1 Å². The number of benzene rings is 2. The van der Waals surface area contributed by atoms with Gasteiger partial charge in [-0.3, -0.25) is 14.5 Å². The summed E-state index contributed by atoms with van der Waals surface area (Å²) in [5, 5.41) is 3.30. The number of hydrogen-bond acceptors (Lipinski definition) is 5. The molecule has 0 unspecified atom stereocenters. The zero-order chi connectivity index (χ0) is 22.4. The lowest BCUT2D eigenvalue weighted by atomic mass is 10.1. The monoisotopic (exact) mass is 441 g/mol. The van der Waals surface area contributed by atoms with E-state index in [1.54, 1.807) is 36.3 Å². The summed E-state index contributed by atoms with van der Waals surface area (Å²) in [6, 6.07) is 14.1. The van der Waals surface area contributed by atoms with Gasteiger partial charge >= 0.3 is 0 Å². The van der Waals surface area contributed by atoms with Gasteiger partial charge in [0.25, 0.3) is 5.91 Å². The Bertz CT molecular complexity index is 931. The quantitative estimate of drug-likeness (QED) is 0.601. The molecule has 2 aromatic rings. The van der Waals surface area contributed by atoms with Gasteiger partial charge in [0.1, 0.15) is 17.5 Å². The Balaban J connectivity index is 1.71. The van der Waals surface area contributed by atoms with E-state index < -0.39 is 6.04 Å². The molecule has 0 radical (unpaired) electrons. The standard InChI is InChI=1S/C23H27N3O4S/c1-4-25-22(28)20(14-21(27)24-17-8-12-19(13-9-17)30-5-2)26(23(25)31)15-16-6-10-18(29-3)11-7-16/h6-13,20H,4-5,14-15H2,1-3H3,(H,24,27)/t20-/m0/s1. The van der Waals surface area contributed by atoms with Crippen molar-refractivity contribution in [2.24, 2.45) is 0 Å². The summed E-state index contributed by atoms with van der Waals surface area (Å²) in [6.07, 6.45) is 0.0127. The summed E-state index contributed by atoms with van der Waals surface area (Å²) in [6.45, 7) is 5.27. The molecule has 1 aliphatic heterocycles. The molecule has 2 aromatic carbocycles. The van der Waals surface area contributed by atoms with Crippen molar-refractivity contribution in [2.45, 2.75) is 32.9 Å². The summed E-state index contributed by atoms with van der Waals surface area (Å²) in [5.41, 5.74) is 1.63. The number of nitrogens with one attached hydrogen (secondary N) is 1. The van der Waals surface area contributed by atoms with Gasteiger partial charge in [0, 0.05) is 18.8 Å². The number of methoxy groups -OCH3 is 1. The van der Waals surface area contributed by atoms with Gasteiger partial charge in [0.2, 0.25) is 5.91 Å². The number of carbonyl (C=O) groups is 2. The molecule has 31 heavy (non-hydrogen) atoms. The van der Waals surface area contributed by atoms with E-state index in [9.17, 15) is 9.59 Å². The summed E-state index contributed by atoms with van der Waals surface area (Å²) in [4.78, 5) is 29.0. The average Bonchev–Trinajstić information content (AvgIpc) is 2.99. The predicted molar refractivity (Wildman–Crippen MR) is 123 cm³/mol. The second-order valence-corrected chi connectivity index (χ2v) is 7.43. The smallest absolute Gasteiger partial charge is 0.252 e. The maximum Gasteiger partial charge on any atom is 0.252 e. The van der Waals surface area contributed by atoms with E-state index in [1.807, 2.05) is 43.0 Å². The first-order valence-corrected chi connectivity index (χ1v) is 10.6. The number of amides is 2. The van der Waals surface area contributed by atoms with Crippen molar-refractivity contribution >= 4 is 34.8 Å². The third-order valence-corrected chi connectivity index (χ3v) is 5.51. The first kappa shape index (κ1) is 22.6. The Morgan fingerprint density at radius 3 is 2.29 bits per heavy atom. The number of nitrogens with zero attached hydrogens (tertiary/aromatic N) is 2. The molecule has 164 valence electrons. The average molecular weight is 442 g/mol. The van der Waals surface area contributed by atoms with E-state index in [0.29, 0.717) is 30.5 Å². The van der Waals surface area contributed by atoms with Crippen LogP contribution in [-0.4, -0.2) is 53.0 Å². The van der Waals surface area contributed by atoms with E-state index in [0.717, 1.165) is 17.1 Å². The molecule has 0 spiro atoms. The molecule has 3 rings (SSSR count). The molecular formula is C23H27N3O4S. The van der Waals surface area contributed by atoms with Gasteiger partial charge in [-0.25, -0.2) is 0 Å². The maximum atomic E-state index is 12.9. The Morgan fingerprint density at radius 2 is 1.71 bits per heavy atom. The fraction of sp³-hybridized carbons (Fsp3) is 0.348. The fourth-order valence-corrected chi connectivity index (χ4v) is 3.89. The number of carbonyl (C=O) groups excluding carboxylic acids is 2. The van der Waals surface area contributed by atoms with Crippen molar-refractivity contribution in [3.8, 4) is 11.5 Å². The molecule has 1 atom stereocenters. The Morgan fingerprint density at radius 1 is 1.06 bits per heavy atom. The normalized spacial score (nSPS) is 15.9. The molecule has 0 aromatic heterocycles. The van der Waals surface area contributed by atoms with E-state index in [-0.39, 0.29) is 18.2 Å². The maximum absolute atomic E-state index is 12.9. The fourth-order valence-electron chi connectivity index (χ4n) is 3.48. The molecular weight excluding hydrogens is 414 g/mol. The van der Waals surface area contributed by atoms with Gasteiger partial charge in [-0.15, -0.1) is 0 Å². The first-order chi connectivity index (χ1) is 15.0. The number of ether oxygens (including phenoxy) is 2. The second-order valence-electron chi connectivity index (χ2n) is 7.07. The Kier molecular flexibility index (Phi) is 7.46. The lowest BCUT2D eigenvalue weighted by Gasteiger charge is -2.24. The van der Waals surface area contributed by atoms with E-state index >= 15 is 0 Å². The summed E-state index contributed by atoms with van der Waals surface area (Å²) in [7, 11) is 1.61. The lowest BCUT2D eigenvalue weighted by molar-refractivity contribution is -0.130. The zero-order valence-electron chi connectivity index (χ0n) is 18.0. The molecule has 1 saturated heterocycles. The second kappa shape index (κ2) is 10.3. The summed E-state index contributed by atoms with van der Waals surface area (Å²) >= 11 is 5.55. The van der Waals surface area contributed by atoms with E-state index in [1.165, 1.54) is 0 Å². The van der Waals surface area contributed by atoms with Gasteiger partial charge in [-0.2, -0.15) is 0 Å². The number of likely N-dealkylation sites (N-methyl/N-ethyl adjacent to an activating group) is 1. The van der Waals surface area contributed by atoms with Crippen LogP contribution in [0, 0.1) is 0 Å². The molecule has 0 saturated carbocycles. The van der Waals surface area contributed by atoms with Gasteiger partial charge in [0.05, 0.1) is 20.1 Å². The van der Waals surface area contributed by atoms with Crippen LogP contribution in [0.25, 0.3) is 0 Å². The highest BCUT2D eigenvalue weighted by Crippen LogP contribution is 2.25. The molecule has 7 nitrogen and oxygen atoms in total. The number of rotatable bonds is 9. The molecule has 1 heterocycles. The van der Waals surface area contributed by atoms with Gasteiger partial charge in [-0.1, -0.05) is 12.1 Å². The van der Waals surface area contributed by atoms with Crippen LogP contribution in [0.2, 0.25) is 0 Å². The molecule has 2 amide bonds. The largest absolute Gasteiger partial charge is 0.497 e. The lowest BCUT2D eigenvalue weighted by Crippen LogP contribution is -2.37. The Labute approximate surface area is 187 Å². The molecule has 0 bridgehead atoms. The highest BCUT2D eigenvalue weighted by Gasteiger charge is 2.42. The summed E-state index contributed by atoms with van der Waals surface area (Å²) < 4.78 is 10.6. The van der Waals surface area contributed by atoms with Gasteiger partial charge in [-0.05, 0) is 68.0 Å². The highest BCUT2D eigenvalue weighted by molar-refractivity contribution is 7.80. The Hall–Kier alpha value is -3.13. The van der Waals surface area contributed by atoms with Crippen molar-refractivity contribution in [1.82, 2.24) is 9.80 Å². The van der Waals surface area contributed by atoms with E-state index in [2.05, 4.69) is 5.32 Å². The third kappa shape index (κ3) is 5.32.